The summed E-state index contributed by atoms with van der Waals surface area (Å²) in [7, 11) is 0. The molecule has 2 aromatic carbocycles. The van der Waals surface area contributed by atoms with Crippen molar-refractivity contribution in [3.05, 3.63) is 58.6 Å². The molecule has 126 valence electrons. The number of carboxylic acids is 1. The highest BCUT2D eigenvalue weighted by Gasteiger charge is 2.32. The van der Waals surface area contributed by atoms with Gasteiger partial charge in [0.05, 0.1) is 5.02 Å². The molecule has 0 aliphatic heterocycles. The Hall–Kier alpha value is -2.80. The monoisotopic (exact) mass is 358 g/mol. The van der Waals surface area contributed by atoms with E-state index in [2.05, 4.69) is 15.5 Å². The summed E-state index contributed by atoms with van der Waals surface area (Å²) in [5.74, 6) is -1.70. The first-order valence-corrected chi connectivity index (χ1v) is 8.05. The topological polar surface area (TPSA) is 80.9 Å². The first-order chi connectivity index (χ1) is 12.1. The van der Waals surface area contributed by atoms with Crippen LogP contribution in [0.3, 0.4) is 0 Å². The Kier molecular flexibility index (Phi) is 3.73. The number of carboxylic acid groups (broad SMARTS) is 1. The number of benzene rings is 2. The Morgan fingerprint density at radius 2 is 2.00 bits per heavy atom. The zero-order valence-electron chi connectivity index (χ0n) is 12.9. The van der Waals surface area contributed by atoms with E-state index in [1.54, 1.807) is 24.3 Å². The number of tetrazole rings is 1. The van der Waals surface area contributed by atoms with Crippen molar-refractivity contribution in [3.8, 4) is 16.8 Å². The molecule has 1 N–H and O–H groups in total. The van der Waals surface area contributed by atoms with Gasteiger partial charge in [-0.15, -0.1) is 5.10 Å². The van der Waals surface area contributed by atoms with Crippen molar-refractivity contribution in [1.29, 1.82) is 0 Å². The van der Waals surface area contributed by atoms with Crippen LogP contribution in [0.5, 0.6) is 0 Å². The first-order valence-electron chi connectivity index (χ1n) is 7.67. The summed E-state index contributed by atoms with van der Waals surface area (Å²) in [5, 5.41) is 20.7. The number of nitrogens with zero attached hydrogens (tertiary/aromatic N) is 4. The van der Waals surface area contributed by atoms with Gasteiger partial charge >= 0.3 is 5.97 Å². The molecular formula is C17H12ClFN4O2. The second-order valence-corrected chi connectivity index (χ2v) is 6.22. The highest BCUT2D eigenvalue weighted by Crippen LogP contribution is 2.41. The van der Waals surface area contributed by atoms with Crippen molar-refractivity contribution in [2.24, 2.45) is 0 Å². The molecule has 8 heteroatoms. The third-order valence-corrected chi connectivity index (χ3v) is 4.54. The van der Waals surface area contributed by atoms with Crippen molar-refractivity contribution in [1.82, 2.24) is 20.2 Å². The Labute approximate surface area is 146 Å². The SMILES string of the molecule is O=C(O)c1c(F)c(-n2nnnc2C2CC2)cc(-c2ccccc2)c1Cl. The van der Waals surface area contributed by atoms with E-state index >= 15 is 0 Å². The van der Waals surface area contributed by atoms with Crippen LogP contribution in [0.2, 0.25) is 5.02 Å². The van der Waals surface area contributed by atoms with E-state index in [4.69, 9.17) is 11.6 Å². The maximum absolute atomic E-state index is 14.9. The van der Waals surface area contributed by atoms with Crippen molar-refractivity contribution < 1.29 is 14.3 Å². The minimum absolute atomic E-state index is 0.0208. The lowest BCUT2D eigenvalue weighted by Gasteiger charge is -2.13. The van der Waals surface area contributed by atoms with Gasteiger partial charge in [0.25, 0.3) is 0 Å². The summed E-state index contributed by atoms with van der Waals surface area (Å²) in [4.78, 5) is 11.6. The van der Waals surface area contributed by atoms with Gasteiger partial charge in [-0.1, -0.05) is 41.9 Å². The minimum Gasteiger partial charge on any atom is -0.478 e. The van der Waals surface area contributed by atoms with Gasteiger partial charge in [0, 0.05) is 11.5 Å². The Morgan fingerprint density at radius 1 is 1.28 bits per heavy atom. The summed E-state index contributed by atoms with van der Waals surface area (Å²) in [5.41, 5.74) is 0.480. The van der Waals surface area contributed by atoms with Crippen LogP contribution in [-0.2, 0) is 0 Å². The third-order valence-electron chi connectivity index (χ3n) is 4.14. The fourth-order valence-corrected chi connectivity index (χ4v) is 3.08. The van der Waals surface area contributed by atoms with E-state index in [0.717, 1.165) is 12.8 Å². The van der Waals surface area contributed by atoms with E-state index in [0.29, 0.717) is 17.0 Å². The number of aromatic carboxylic acids is 1. The Bertz CT molecular complexity index is 970. The maximum atomic E-state index is 14.9. The summed E-state index contributed by atoms with van der Waals surface area (Å²) < 4.78 is 16.2. The summed E-state index contributed by atoms with van der Waals surface area (Å²) in [6, 6.07) is 10.4. The van der Waals surface area contributed by atoms with Crippen molar-refractivity contribution in [2.75, 3.05) is 0 Å². The molecule has 0 amide bonds. The fraction of sp³-hybridized carbons (Fsp3) is 0.176. The molecule has 1 heterocycles. The molecule has 0 unspecified atom stereocenters. The number of aromatic nitrogens is 4. The van der Waals surface area contributed by atoms with Gasteiger partial charge in [0.15, 0.2) is 11.6 Å². The molecule has 4 rings (SSSR count). The van der Waals surface area contributed by atoms with E-state index in [9.17, 15) is 14.3 Å². The molecule has 1 saturated carbocycles. The molecule has 1 aromatic heterocycles. The Morgan fingerprint density at radius 3 is 2.64 bits per heavy atom. The van der Waals surface area contributed by atoms with Crippen molar-refractivity contribution in [2.45, 2.75) is 18.8 Å². The molecular weight excluding hydrogens is 347 g/mol. The maximum Gasteiger partial charge on any atom is 0.340 e. The quantitative estimate of drug-likeness (QED) is 0.769. The molecule has 0 saturated heterocycles. The van der Waals surface area contributed by atoms with E-state index < -0.39 is 17.3 Å². The molecule has 1 aliphatic carbocycles. The number of halogens is 2. The number of carbonyl (C=O) groups is 1. The molecule has 25 heavy (non-hydrogen) atoms. The number of hydrogen-bond donors (Lipinski definition) is 1. The average molecular weight is 359 g/mol. The van der Waals surface area contributed by atoms with Crippen molar-refractivity contribution >= 4 is 17.6 Å². The zero-order valence-corrected chi connectivity index (χ0v) is 13.6. The lowest BCUT2D eigenvalue weighted by molar-refractivity contribution is 0.0692. The van der Waals surface area contributed by atoms with Crippen LogP contribution in [0, 0.1) is 5.82 Å². The van der Waals surface area contributed by atoms with Gasteiger partial charge in [-0.3, -0.25) is 0 Å². The number of hydrogen-bond acceptors (Lipinski definition) is 4. The van der Waals surface area contributed by atoms with Crippen LogP contribution >= 0.6 is 11.6 Å². The highest BCUT2D eigenvalue weighted by atomic mass is 35.5. The van der Waals surface area contributed by atoms with Crippen LogP contribution in [0.1, 0.15) is 34.9 Å². The number of rotatable bonds is 4. The van der Waals surface area contributed by atoms with Gasteiger partial charge in [-0.05, 0) is 34.9 Å². The van der Waals surface area contributed by atoms with Gasteiger partial charge in [-0.25, -0.2) is 9.18 Å². The molecule has 0 radical (unpaired) electrons. The average Bonchev–Trinajstić information content (AvgIpc) is 3.33. The minimum atomic E-state index is -1.44. The molecule has 0 bridgehead atoms. The van der Waals surface area contributed by atoms with Crippen molar-refractivity contribution in [3.63, 3.8) is 0 Å². The van der Waals surface area contributed by atoms with Crippen LogP contribution < -0.4 is 0 Å². The van der Waals surface area contributed by atoms with Gasteiger partial charge in [-0.2, -0.15) is 4.68 Å². The van der Waals surface area contributed by atoms with E-state index in [1.807, 2.05) is 6.07 Å². The van der Waals surface area contributed by atoms with Gasteiger partial charge in [0.2, 0.25) is 0 Å². The molecule has 0 atom stereocenters. The summed E-state index contributed by atoms with van der Waals surface area (Å²) in [6.07, 6.45) is 1.85. The largest absolute Gasteiger partial charge is 0.478 e. The van der Waals surface area contributed by atoms with E-state index in [-0.39, 0.29) is 16.6 Å². The molecule has 6 nitrogen and oxygen atoms in total. The summed E-state index contributed by atoms with van der Waals surface area (Å²) in [6.45, 7) is 0. The lowest BCUT2D eigenvalue weighted by Crippen LogP contribution is -2.11. The lowest BCUT2D eigenvalue weighted by atomic mass is 10.0. The van der Waals surface area contributed by atoms with Crippen LogP contribution in [-0.4, -0.2) is 31.3 Å². The molecule has 0 spiro atoms. The molecule has 3 aromatic rings. The van der Waals surface area contributed by atoms with Crippen LogP contribution in [0.25, 0.3) is 16.8 Å². The third kappa shape index (κ3) is 2.66. The second-order valence-electron chi connectivity index (χ2n) is 5.84. The smallest absolute Gasteiger partial charge is 0.340 e. The van der Waals surface area contributed by atoms with E-state index in [1.165, 1.54) is 10.7 Å². The predicted octanol–water partition coefficient (Wildman–Crippen LogP) is 3.70. The normalized spacial score (nSPS) is 13.8. The van der Waals surface area contributed by atoms with Crippen LogP contribution in [0.4, 0.5) is 4.39 Å². The predicted molar refractivity (Wildman–Crippen MR) is 88.5 cm³/mol. The van der Waals surface area contributed by atoms with Crippen LogP contribution in [0.15, 0.2) is 36.4 Å². The highest BCUT2D eigenvalue weighted by molar-refractivity contribution is 6.36. The van der Waals surface area contributed by atoms with Gasteiger partial charge < -0.3 is 5.11 Å². The summed E-state index contributed by atoms with van der Waals surface area (Å²) >= 11 is 6.21. The zero-order chi connectivity index (χ0) is 17.6. The second kappa shape index (κ2) is 5.93. The van der Waals surface area contributed by atoms with Gasteiger partial charge in [0.1, 0.15) is 11.3 Å². The molecule has 1 fully saturated rings. The first kappa shape index (κ1) is 15.7. The fourth-order valence-electron chi connectivity index (χ4n) is 2.75. The Balaban J connectivity index is 1.99. The molecule has 1 aliphatic rings. The standard InChI is InChI=1S/C17H12ClFN4O2/c18-14-11(9-4-2-1-3-5-9)8-12(15(19)13(14)17(24)25)23-16(10-6-7-10)20-21-22-23/h1-5,8,10H,6-7H2,(H,24,25).